The molecule has 5 heteroatoms. The molecule has 98 valence electrons. The first-order chi connectivity index (χ1) is 9.06. The van der Waals surface area contributed by atoms with Crippen molar-refractivity contribution in [2.75, 3.05) is 5.32 Å². The van der Waals surface area contributed by atoms with Crippen molar-refractivity contribution in [1.82, 2.24) is 5.32 Å². The largest absolute Gasteiger partial charge is 0.353 e. The predicted octanol–water partition coefficient (Wildman–Crippen LogP) is 3.98. The predicted molar refractivity (Wildman–Crippen MR) is 81.8 cm³/mol. The Morgan fingerprint density at radius 1 is 1.16 bits per heavy atom. The molecule has 1 aromatic heterocycles. The van der Waals surface area contributed by atoms with Crippen LogP contribution < -0.4 is 10.6 Å². The number of rotatable bonds is 1. The number of aryl methyl sites for hydroxylation is 1. The standard InChI is InChI=1S/C14H13BrN2OS/c1-7-8(2)19-14-11(7)13(18)16-12(17-14)9-3-5-10(15)6-4-9/h3-6,12,17H,1-2H3,(H,16,18). The molecule has 1 atom stereocenters. The lowest BCUT2D eigenvalue weighted by Crippen LogP contribution is -2.38. The van der Waals surface area contributed by atoms with Crippen LogP contribution >= 0.6 is 27.3 Å². The Balaban J connectivity index is 1.97. The molecule has 0 spiro atoms. The summed E-state index contributed by atoms with van der Waals surface area (Å²) in [5, 5.41) is 7.36. The molecule has 1 aliphatic heterocycles. The van der Waals surface area contributed by atoms with Gasteiger partial charge < -0.3 is 10.6 Å². The first-order valence-corrected chi connectivity index (χ1v) is 7.60. The Hall–Kier alpha value is -1.33. The number of hydrogen-bond donors (Lipinski definition) is 2. The highest BCUT2D eigenvalue weighted by Crippen LogP contribution is 2.37. The fourth-order valence-corrected chi connectivity index (χ4v) is 3.54. The number of fused-ring (bicyclic) bond motifs is 1. The minimum Gasteiger partial charge on any atom is -0.353 e. The molecule has 0 bridgehead atoms. The van der Waals surface area contributed by atoms with Gasteiger partial charge >= 0.3 is 0 Å². The lowest BCUT2D eigenvalue weighted by Gasteiger charge is -2.26. The summed E-state index contributed by atoms with van der Waals surface area (Å²) in [6.07, 6.45) is -0.162. The monoisotopic (exact) mass is 336 g/mol. The van der Waals surface area contributed by atoms with Crippen molar-refractivity contribution in [3.05, 3.63) is 50.3 Å². The Kier molecular flexibility index (Phi) is 3.11. The van der Waals surface area contributed by atoms with Crippen LogP contribution in [0.2, 0.25) is 0 Å². The zero-order chi connectivity index (χ0) is 13.6. The highest BCUT2D eigenvalue weighted by molar-refractivity contribution is 9.10. The molecule has 1 aliphatic rings. The van der Waals surface area contributed by atoms with Crippen LogP contribution in [0.4, 0.5) is 5.00 Å². The topological polar surface area (TPSA) is 41.1 Å². The normalized spacial score (nSPS) is 17.6. The van der Waals surface area contributed by atoms with E-state index in [9.17, 15) is 4.79 Å². The number of carbonyl (C=O) groups is 1. The van der Waals surface area contributed by atoms with E-state index < -0.39 is 0 Å². The maximum atomic E-state index is 12.2. The fraction of sp³-hybridized carbons (Fsp3) is 0.214. The van der Waals surface area contributed by atoms with Gasteiger partial charge in [0.2, 0.25) is 0 Å². The first kappa shape index (κ1) is 12.7. The van der Waals surface area contributed by atoms with Crippen LogP contribution in [-0.4, -0.2) is 5.91 Å². The van der Waals surface area contributed by atoms with Gasteiger partial charge in [-0.05, 0) is 37.1 Å². The Morgan fingerprint density at radius 3 is 2.53 bits per heavy atom. The highest BCUT2D eigenvalue weighted by Gasteiger charge is 2.28. The molecule has 1 aromatic carbocycles. The molecule has 1 amide bonds. The molecule has 2 heterocycles. The smallest absolute Gasteiger partial charge is 0.256 e. The summed E-state index contributed by atoms with van der Waals surface area (Å²) in [6, 6.07) is 7.95. The summed E-state index contributed by atoms with van der Waals surface area (Å²) in [6.45, 7) is 4.04. The highest BCUT2D eigenvalue weighted by atomic mass is 79.9. The van der Waals surface area contributed by atoms with Crippen molar-refractivity contribution in [3.8, 4) is 0 Å². The molecule has 2 aromatic rings. The van der Waals surface area contributed by atoms with Gasteiger partial charge in [0.25, 0.3) is 5.91 Å². The van der Waals surface area contributed by atoms with Crippen molar-refractivity contribution >= 4 is 38.2 Å². The lowest BCUT2D eigenvalue weighted by molar-refractivity contribution is 0.0936. The van der Waals surface area contributed by atoms with Crippen LogP contribution in [0.5, 0.6) is 0 Å². The van der Waals surface area contributed by atoms with Crippen molar-refractivity contribution in [2.24, 2.45) is 0 Å². The number of benzene rings is 1. The number of carbonyl (C=O) groups excluding carboxylic acids is 1. The molecule has 0 fully saturated rings. The summed E-state index contributed by atoms with van der Waals surface area (Å²) in [7, 11) is 0. The van der Waals surface area contributed by atoms with Crippen LogP contribution in [0.25, 0.3) is 0 Å². The van der Waals surface area contributed by atoms with E-state index in [2.05, 4.69) is 26.6 Å². The van der Waals surface area contributed by atoms with Crippen molar-refractivity contribution < 1.29 is 4.79 Å². The molecule has 3 rings (SSSR count). The quantitative estimate of drug-likeness (QED) is 0.826. The van der Waals surface area contributed by atoms with E-state index in [0.29, 0.717) is 0 Å². The molecular weight excluding hydrogens is 324 g/mol. The maximum Gasteiger partial charge on any atom is 0.256 e. The number of amides is 1. The second kappa shape index (κ2) is 4.65. The number of thiophene rings is 1. The number of halogens is 1. The maximum absolute atomic E-state index is 12.2. The summed E-state index contributed by atoms with van der Waals surface area (Å²) in [5.74, 6) is 0.00326. The Labute approximate surface area is 124 Å². The van der Waals surface area contributed by atoms with Gasteiger partial charge in [-0.1, -0.05) is 28.1 Å². The third kappa shape index (κ3) is 2.17. The molecule has 19 heavy (non-hydrogen) atoms. The van der Waals surface area contributed by atoms with Crippen LogP contribution in [0.1, 0.15) is 32.5 Å². The molecule has 0 saturated carbocycles. The summed E-state index contributed by atoms with van der Waals surface area (Å²) < 4.78 is 1.03. The van der Waals surface area contributed by atoms with Gasteiger partial charge in [-0.25, -0.2) is 0 Å². The Bertz CT molecular complexity index is 648. The van der Waals surface area contributed by atoms with E-state index in [1.165, 1.54) is 4.88 Å². The van der Waals surface area contributed by atoms with Gasteiger partial charge in [0.15, 0.2) is 0 Å². The second-order valence-electron chi connectivity index (χ2n) is 4.59. The molecule has 0 saturated heterocycles. The van der Waals surface area contributed by atoms with Gasteiger partial charge in [0.1, 0.15) is 11.2 Å². The molecular formula is C14H13BrN2OS. The van der Waals surface area contributed by atoms with Gasteiger partial charge in [-0.2, -0.15) is 0 Å². The van der Waals surface area contributed by atoms with Gasteiger partial charge in [0.05, 0.1) is 5.56 Å². The number of nitrogens with one attached hydrogen (secondary N) is 2. The van der Waals surface area contributed by atoms with Gasteiger partial charge in [-0.15, -0.1) is 11.3 Å². The summed E-state index contributed by atoms with van der Waals surface area (Å²) in [4.78, 5) is 13.4. The van der Waals surface area contributed by atoms with E-state index in [-0.39, 0.29) is 12.1 Å². The molecule has 0 aliphatic carbocycles. The third-order valence-electron chi connectivity index (χ3n) is 3.37. The van der Waals surface area contributed by atoms with Crippen LogP contribution in [0.15, 0.2) is 28.7 Å². The van der Waals surface area contributed by atoms with E-state index in [1.807, 2.05) is 38.1 Å². The average Bonchev–Trinajstić information content (AvgIpc) is 2.66. The van der Waals surface area contributed by atoms with Gasteiger partial charge in [0, 0.05) is 9.35 Å². The van der Waals surface area contributed by atoms with Crippen molar-refractivity contribution in [1.29, 1.82) is 0 Å². The number of anilines is 1. The fourth-order valence-electron chi connectivity index (χ4n) is 2.19. The van der Waals surface area contributed by atoms with Crippen LogP contribution in [0, 0.1) is 13.8 Å². The second-order valence-corrected chi connectivity index (χ2v) is 6.73. The lowest BCUT2D eigenvalue weighted by atomic mass is 10.1. The van der Waals surface area contributed by atoms with Gasteiger partial charge in [-0.3, -0.25) is 4.79 Å². The summed E-state index contributed by atoms with van der Waals surface area (Å²) in [5.41, 5.74) is 2.90. The molecule has 3 nitrogen and oxygen atoms in total. The summed E-state index contributed by atoms with van der Waals surface area (Å²) >= 11 is 5.06. The first-order valence-electron chi connectivity index (χ1n) is 5.99. The van der Waals surface area contributed by atoms with Crippen molar-refractivity contribution in [2.45, 2.75) is 20.0 Å². The van der Waals surface area contributed by atoms with E-state index in [1.54, 1.807) is 11.3 Å². The Morgan fingerprint density at radius 2 is 1.84 bits per heavy atom. The minimum atomic E-state index is -0.162. The third-order valence-corrected chi connectivity index (χ3v) is 5.03. The van der Waals surface area contributed by atoms with Crippen LogP contribution in [0.3, 0.4) is 0 Å². The number of hydrogen-bond acceptors (Lipinski definition) is 3. The van der Waals surface area contributed by atoms with E-state index in [4.69, 9.17) is 0 Å². The van der Waals surface area contributed by atoms with Crippen LogP contribution in [-0.2, 0) is 0 Å². The van der Waals surface area contributed by atoms with Crippen molar-refractivity contribution in [3.63, 3.8) is 0 Å². The molecule has 2 N–H and O–H groups in total. The van der Waals surface area contributed by atoms with E-state index in [0.717, 1.165) is 26.2 Å². The molecule has 1 unspecified atom stereocenters. The average molecular weight is 337 g/mol. The zero-order valence-corrected chi connectivity index (χ0v) is 13.0. The SMILES string of the molecule is Cc1sc2c(c1C)C(=O)NC(c1ccc(Br)cc1)N2. The van der Waals surface area contributed by atoms with E-state index >= 15 is 0 Å². The zero-order valence-electron chi connectivity index (χ0n) is 10.6. The minimum absolute atomic E-state index is 0.00326. The molecule has 0 radical (unpaired) electrons.